The first kappa shape index (κ1) is 10.5. The summed E-state index contributed by atoms with van der Waals surface area (Å²) in [5.41, 5.74) is 0. The summed E-state index contributed by atoms with van der Waals surface area (Å²) in [6.07, 6.45) is 0.972. The van der Waals surface area contributed by atoms with Gasteiger partial charge in [0.25, 0.3) is 0 Å². The van der Waals surface area contributed by atoms with Crippen molar-refractivity contribution in [2.75, 3.05) is 19.6 Å². The molecular weight excluding hydrogens is 164 g/mol. The lowest BCUT2D eigenvalue weighted by Gasteiger charge is -2.18. The van der Waals surface area contributed by atoms with Gasteiger partial charge in [-0.2, -0.15) is 0 Å². The highest BCUT2D eigenvalue weighted by molar-refractivity contribution is 5.83. The van der Waals surface area contributed by atoms with Crippen LogP contribution in [0.5, 0.6) is 0 Å². The Morgan fingerprint density at radius 1 is 1.62 bits per heavy atom. The van der Waals surface area contributed by atoms with Crippen LogP contribution in [0.15, 0.2) is 0 Å². The maximum absolute atomic E-state index is 11.7. The van der Waals surface area contributed by atoms with E-state index in [9.17, 15) is 4.79 Å². The number of rotatable bonds is 4. The summed E-state index contributed by atoms with van der Waals surface area (Å²) in [5.74, 6) is 0.861. The van der Waals surface area contributed by atoms with Crippen LogP contribution in [0.3, 0.4) is 0 Å². The van der Waals surface area contributed by atoms with Crippen molar-refractivity contribution in [2.45, 2.75) is 33.2 Å². The Hall–Kier alpha value is -0.570. The molecule has 1 rings (SSSR count). The predicted octanol–water partition coefficient (Wildman–Crippen LogP) is 0.853. The SMILES string of the molecule is CCNC1CCN(CC(C)C)C1=O. The number of carbonyl (C=O) groups excluding carboxylic acids is 1. The number of likely N-dealkylation sites (tertiary alicyclic amines) is 1. The maximum Gasteiger partial charge on any atom is 0.239 e. The normalized spacial score (nSPS) is 23.2. The molecule has 0 bridgehead atoms. The molecule has 76 valence electrons. The van der Waals surface area contributed by atoms with Gasteiger partial charge in [0.2, 0.25) is 5.91 Å². The zero-order chi connectivity index (χ0) is 9.84. The van der Waals surface area contributed by atoms with Crippen LogP contribution in [0.4, 0.5) is 0 Å². The summed E-state index contributed by atoms with van der Waals surface area (Å²) in [6.45, 7) is 9.04. The fourth-order valence-electron chi connectivity index (χ4n) is 1.80. The van der Waals surface area contributed by atoms with E-state index >= 15 is 0 Å². The van der Waals surface area contributed by atoms with Crippen LogP contribution in [-0.2, 0) is 4.79 Å². The molecule has 0 saturated carbocycles. The molecule has 0 aliphatic carbocycles. The highest BCUT2D eigenvalue weighted by Crippen LogP contribution is 2.12. The summed E-state index contributed by atoms with van der Waals surface area (Å²) in [6, 6.07) is 0.0868. The van der Waals surface area contributed by atoms with E-state index in [4.69, 9.17) is 0 Å². The molecule has 1 N–H and O–H groups in total. The molecule has 0 aromatic rings. The van der Waals surface area contributed by atoms with E-state index in [2.05, 4.69) is 19.2 Å². The third kappa shape index (κ3) is 2.69. The first-order chi connectivity index (χ1) is 6.15. The Balaban J connectivity index is 2.40. The molecule has 0 aromatic heterocycles. The highest BCUT2D eigenvalue weighted by atomic mass is 16.2. The number of amides is 1. The fraction of sp³-hybridized carbons (Fsp3) is 0.900. The van der Waals surface area contributed by atoms with Gasteiger partial charge < -0.3 is 10.2 Å². The topological polar surface area (TPSA) is 32.3 Å². The summed E-state index contributed by atoms with van der Waals surface area (Å²) >= 11 is 0. The van der Waals surface area contributed by atoms with Crippen LogP contribution < -0.4 is 5.32 Å². The van der Waals surface area contributed by atoms with Crippen molar-refractivity contribution in [3.63, 3.8) is 0 Å². The van der Waals surface area contributed by atoms with Gasteiger partial charge in [0, 0.05) is 13.1 Å². The molecule has 0 spiro atoms. The molecule has 1 aliphatic heterocycles. The molecule has 3 heteroatoms. The molecule has 1 aliphatic rings. The molecule has 3 nitrogen and oxygen atoms in total. The third-order valence-corrected chi connectivity index (χ3v) is 2.33. The van der Waals surface area contributed by atoms with Crippen molar-refractivity contribution in [2.24, 2.45) is 5.92 Å². The van der Waals surface area contributed by atoms with Crippen LogP contribution in [-0.4, -0.2) is 36.5 Å². The van der Waals surface area contributed by atoms with Crippen molar-refractivity contribution < 1.29 is 4.79 Å². The van der Waals surface area contributed by atoms with E-state index in [1.807, 2.05) is 11.8 Å². The van der Waals surface area contributed by atoms with E-state index in [1.54, 1.807) is 0 Å². The minimum atomic E-state index is 0.0868. The molecule has 0 aromatic carbocycles. The standard InChI is InChI=1S/C10H20N2O/c1-4-11-9-5-6-12(10(9)13)7-8(2)3/h8-9,11H,4-7H2,1-3H3. The molecule has 1 amide bonds. The average Bonchev–Trinajstić information content (AvgIpc) is 2.36. The lowest BCUT2D eigenvalue weighted by molar-refractivity contribution is -0.129. The second kappa shape index (κ2) is 4.61. The number of nitrogens with zero attached hydrogens (tertiary/aromatic N) is 1. The second-order valence-corrected chi connectivity index (χ2v) is 4.08. The van der Waals surface area contributed by atoms with Crippen molar-refractivity contribution in [3.8, 4) is 0 Å². The summed E-state index contributed by atoms with van der Waals surface area (Å²) in [7, 11) is 0. The van der Waals surface area contributed by atoms with Gasteiger partial charge in [-0.05, 0) is 18.9 Å². The Labute approximate surface area is 80.5 Å². The lowest BCUT2D eigenvalue weighted by atomic mass is 10.2. The number of likely N-dealkylation sites (N-methyl/N-ethyl adjacent to an activating group) is 1. The molecule has 1 unspecified atom stereocenters. The zero-order valence-electron chi connectivity index (χ0n) is 8.84. The number of nitrogens with one attached hydrogen (secondary N) is 1. The molecule has 1 atom stereocenters. The van der Waals surface area contributed by atoms with E-state index in [-0.39, 0.29) is 11.9 Å². The van der Waals surface area contributed by atoms with Gasteiger partial charge in [-0.1, -0.05) is 20.8 Å². The van der Waals surface area contributed by atoms with Crippen LogP contribution in [0.2, 0.25) is 0 Å². The molecule has 1 heterocycles. The fourth-order valence-corrected chi connectivity index (χ4v) is 1.80. The lowest BCUT2D eigenvalue weighted by Crippen LogP contribution is -2.39. The van der Waals surface area contributed by atoms with Crippen molar-refractivity contribution in [1.29, 1.82) is 0 Å². The molecule has 0 radical (unpaired) electrons. The van der Waals surface area contributed by atoms with Crippen LogP contribution in [0.25, 0.3) is 0 Å². The smallest absolute Gasteiger partial charge is 0.239 e. The van der Waals surface area contributed by atoms with Gasteiger partial charge in [-0.3, -0.25) is 4.79 Å². The quantitative estimate of drug-likeness (QED) is 0.702. The van der Waals surface area contributed by atoms with E-state index in [0.29, 0.717) is 5.92 Å². The Morgan fingerprint density at radius 3 is 2.85 bits per heavy atom. The average molecular weight is 184 g/mol. The van der Waals surface area contributed by atoms with Gasteiger partial charge in [0.05, 0.1) is 6.04 Å². The highest BCUT2D eigenvalue weighted by Gasteiger charge is 2.30. The van der Waals surface area contributed by atoms with Gasteiger partial charge in [0.1, 0.15) is 0 Å². The third-order valence-electron chi connectivity index (χ3n) is 2.33. The van der Waals surface area contributed by atoms with Gasteiger partial charge in [-0.15, -0.1) is 0 Å². The Bertz CT molecular complexity index is 180. The molecular formula is C10H20N2O. The van der Waals surface area contributed by atoms with E-state index in [1.165, 1.54) is 0 Å². The maximum atomic E-state index is 11.7. The summed E-state index contributed by atoms with van der Waals surface area (Å²) in [4.78, 5) is 13.7. The second-order valence-electron chi connectivity index (χ2n) is 4.08. The van der Waals surface area contributed by atoms with Crippen molar-refractivity contribution >= 4 is 5.91 Å². The number of carbonyl (C=O) groups is 1. The van der Waals surface area contributed by atoms with Crippen LogP contribution in [0.1, 0.15) is 27.2 Å². The van der Waals surface area contributed by atoms with E-state index in [0.717, 1.165) is 26.1 Å². The number of hydrogen-bond acceptors (Lipinski definition) is 2. The Morgan fingerprint density at radius 2 is 2.31 bits per heavy atom. The number of hydrogen-bond donors (Lipinski definition) is 1. The molecule has 1 fully saturated rings. The zero-order valence-corrected chi connectivity index (χ0v) is 8.84. The van der Waals surface area contributed by atoms with Gasteiger partial charge in [0.15, 0.2) is 0 Å². The van der Waals surface area contributed by atoms with Crippen LogP contribution in [0, 0.1) is 5.92 Å². The summed E-state index contributed by atoms with van der Waals surface area (Å²) in [5, 5.41) is 3.21. The largest absolute Gasteiger partial charge is 0.341 e. The predicted molar refractivity (Wildman–Crippen MR) is 53.5 cm³/mol. The van der Waals surface area contributed by atoms with Gasteiger partial charge in [-0.25, -0.2) is 0 Å². The minimum absolute atomic E-state index is 0.0868. The summed E-state index contributed by atoms with van der Waals surface area (Å²) < 4.78 is 0. The van der Waals surface area contributed by atoms with Gasteiger partial charge >= 0.3 is 0 Å². The molecule has 1 saturated heterocycles. The van der Waals surface area contributed by atoms with Crippen molar-refractivity contribution in [1.82, 2.24) is 10.2 Å². The Kier molecular flexibility index (Phi) is 3.72. The van der Waals surface area contributed by atoms with Crippen LogP contribution >= 0.6 is 0 Å². The van der Waals surface area contributed by atoms with Crippen molar-refractivity contribution in [3.05, 3.63) is 0 Å². The molecule has 13 heavy (non-hydrogen) atoms. The first-order valence-corrected chi connectivity index (χ1v) is 5.17. The first-order valence-electron chi connectivity index (χ1n) is 5.17. The monoisotopic (exact) mass is 184 g/mol. The minimum Gasteiger partial charge on any atom is -0.341 e. The van der Waals surface area contributed by atoms with E-state index < -0.39 is 0 Å².